The maximum Gasteiger partial charge on any atom is 0.245 e. The zero-order chi connectivity index (χ0) is 20.8. The summed E-state index contributed by atoms with van der Waals surface area (Å²) in [6, 6.07) is -0.765. The number of thiazole rings is 1. The number of hydrogen-bond donors (Lipinski definition) is 1. The molecule has 0 saturated carbocycles. The molecular weight excluding hydrogens is 464 g/mol. The van der Waals surface area contributed by atoms with E-state index in [4.69, 9.17) is 46.4 Å². The maximum atomic E-state index is 13.3. The molecule has 28 heavy (non-hydrogen) atoms. The van der Waals surface area contributed by atoms with Gasteiger partial charge in [-0.15, -0.1) is 57.7 Å². The average Bonchev–Trinajstić information content (AvgIpc) is 3.30. The Morgan fingerprint density at radius 1 is 1.25 bits per heavy atom. The van der Waals surface area contributed by atoms with Crippen molar-refractivity contribution in [3.8, 4) is 0 Å². The van der Waals surface area contributed by atoms with Crippen molar-refractivity contribution in [2.24, 2.45) is 11.8 Å². The fraction of sp³-hybridized carbons (Fsp3) is 0.722. The molecular formula is C18H25Cl4N3O2S. The topological polar surface area (TPSA) is 62.3 Å². The molecule has 1 aromatic heterocycles. The largest absolute Gasteiger partial charge is 0.344 e. The summed E-state index contributed by atoms with van der Waals surface area (Å²) in [5.74, 6) is -0.784. The van der Waals surface area contributed by atoms with Crippen LogP contribution in [0.15, 0.2) is 11.6 Å². The van der Waals surface area contributed by atoms with Gasteiger partial charge in [-0.05, 0) is 31.1 Å². The van der Waals surface area contributed by atoms with E-state index in [1.54, 1.807) is 13.1 Å². The van der Waals surface area contributed by atoms with Crippen molar-refractivity contribution < 1.29 is 9.59 Å². The van der Waals surface area contributed by atoms with Crippen molar-refractivity contribution in [1.82, 2.24) is 15.2 Å². The van der Waals surface area contributed by atoms with Gasteiger partial charge < -0.3 is 10.2 Å². The predicted octanol–water partition coefficient (Wildman–Crippen LogP) is 4.95. The Morgan fingerprint density at radius 2 is 1.93 bits per heavy atom. The average molecular weight is 489 g/mol. The van der Waals surface area contributed by atoms with Crippen LogP contribution in [0, 0.1) is 11.8 Å². The normalized spacial score (nSPS) is 20.4. The van der Waals surface area contributed by atoms with E-state index in [-0.39, 0.29) is 36.1 Å². The Balaban J connectivity index is 2.13. The van der Waals surface area contributed by atoms with E-state index in [2.05, 4.69) is 10.3 Å². The molecule has 1 aromatic rings. The van der Waals surface area contributed by atoms with Crippen molar-refractivity contribution in [2.75, 3.05) is 6.54 Å². The molecule has 1 aliphatic heterocycles. The van der Waals surface area contributed by atoms with Crippen LogP contribution in [0.1, 0.15) is 50.6 Å². The number of carbonyl (C=O) groups excluding carboxylic acids is 2. The van der Waals surface area contributed by atoms with Crippen LogP contribution in [0.5, 0.6) is 0 Å². The van der Waals surface area contributed by atoms with E-state index >= 15 is 0 Å². The summed E-state index contributed by atoms with van der Waals surface area (Å²) in [6.07, 6.45) is 3.99. The number of amides is 2. The van der Waals surface area contributed by atoms with Crippen LogP contribution in [0.3, 0.4) is 0 Å². The number of rotatable bonds is 9. The quantitative estimate of drug-likeness (QED) is 0.500. The van der Waals surface area contributed by atoms with E-state index in [1.165, 1.54) is 11.3 Å². The van der Waals surface area contributed by atoms with Crippen LogP contribution in [0.25, 0.3) is 0 Å². The van der Waals surface area contributed by atoms with Gasteiger partial charge in [0.05, 0.1) is 6.04 Å². The molecule has 0 spiro atoms. The van der Waals surface area contributed by atoms with E-state index in [1.807, 2.05) is 17.2 Å². The molecule has 0 radical (unpaired) electrons. The summed E-state index contributed by atoms with van der Waals surface area (Å²) in [5.41, 5.74) is 0. The van der Waals surface area contributed by atoms with Gasteiger partial charge in [-0.3, -0.25) is 9.59 Å². The summed E-state index contributed by atoms with van der Waals surface area (Å²) in [5, 5.41) is 5.67. The second-order valence-electron chi connectivity index (χ2n) is 7.24. The van der Waals surface area contributed by atoms with Gasteiger partial charge >= 0.3 is 0 Å². The highest BCUT2D eigenvalue weighted by Crippen LogP contribution is 2.34. The lowest BCUT2D eigenvalue weighted by Crippen LogP contribution is -2.49. The number of hydrogen-bond acceptors (Lipinski definition) is 4. The van der Waals surface area contributed by atoms with Crippen LogP contribution in [-0.4, -0.2) is 44.0 Å². The molecule has 0 aliphatic carbocycles. The summed E-state index contributed by atoms with van der Waals surface area (Å²) in [4.78, 5) is 30.7. The second kappa shape index (κ2) is 11.2. The van der Waals surface area contributed by atoms with Crippen molar-refractivity contribution in [2.45, 2.75) is 61.3 Å². The molecule has 2 rings (SSSR count). The van der Waals surface area contributed by atoms with Crippen molar-refractivity contribution in [3.05, 3.63) is 16.6 Å². The lowest BCUT2D eigenvalue weighted by Gasteiger charge is -2.30. The first-order valence-electron chi connectivity index (χ1n) is 9.26. The molecule has 1 aliphatic rings. The van der Waals surface area contributed by atoms with Gasteiger partial charge in [-0.1, -0.05) is 13.8 Å². The minimum absolute atomic E-state index is 0.0565. The van der Waals surface area contributed by atoms with Crippen LogP contribution < -0.4 is 5.32 Å². The van der Waals surface area contributed by atoms with Gasteiger partial charge in [0.1, 0.15) is 20.7 Å². The van der Waals surface area contributed by atoms with Crippen LogP contribution in [0.2, 0.25) is 0 Å². The zero-order valence-corrected chi connectivity index (χ0v) is 19.6. The first-order chi connectivity index (χ1) is 13.2. The van der Waals surface area contributed by atoms with E-state index < -0.39 is 15.7 Å². The van der Waals surface area contributed by atoms with E-state index in [9.17, 15) is 9.59 Å². The smallest absolute Gasteiger partial charge is 0.245 e. The number of nitrogens with zero attached hydrogens (tertiary/aromatic N) is 2. The molecule has 158 valence electrons. The summed E-state index contributed by atoms with van der Waals surface area (Å²) < 4.78 is 0. The Kier molecular flexibility index (Phi) is 9.61. The molecule has 0 unspecified atom stereocenters. The number of nitrogens with one attached hydrogen (secondary N) is 1. The standard InChI is InChI=1S/C18H25Cl4N3O2S/c1-10(15(19)20)8-12(24-14(26)9-11(2)16(21)22)18(27)25-6-3-4-13(25)17-23-5-7-28-17/h5,7,10-13,15-16H,3-4,6,8-9H2,1-2H3,(H,24,26)/t10-,11+,12-,13+/m1/s1. The van der Waals surface area contributed by atoms with E-state index in [0.717, 1.165) is 17.8 Å². The molecule has 0 bridgehead atoms. The molecule has 4 atom stereocenters. The van der Waals surface area contributed by atoms with Gasteiger partial charge in [0.15, 0.2) is 0 Å². The third-order valence-corrected chi connectivity index (χ3v) is 7.48. The highest BCUT2D eigenvalue weighted by Gasteiger charge is 2.37. The lowest BCUT2D eigenvalue weighted by molar-refractivity contribution is -0.138. The number of alkyl halides is 4. The Bertz CT molecular complexity index is 645. The monoisotopic (exact) mass is 487 g/mol. The fourth-order valence-electron chi connectivity index (χ4n) is 3.22. The Labute approximate surface area is 190 Å². The highest BCUT2D eigenvalue weighted by molar-refractivity contribution is 7.09. The van der Waals surface area contributed by atoms with Crippen molar-refractivity contribution >= 4 is 69.6 Å². The van der Waals surface area contributed by atoms with Crippen molar-refractivity contribution in [3.63, 3.8) is 0 Å². The number of carbonyl (C=O) groups is 2. The third kappa shape index (κ3) is 6.63. The number of likely N-dealkylation sites (tertiary alicyclic amines) is 1. The minimum atomic E-state index is -0.709. The zero-order valence-electron chi connectivity index (χ0n) is 15.8. The molecule has 5 nitrogen and oxygen atoms in total. The molecule has 2 amide bonds. The summed E-state index contributed by atoms with van der Waals surface area (Å²) in [7, 11) is 0. The van der Waals surface area contributed by atoms with E-state index in [0.29, 0.717) is 13.0 Å². The number of aromatic nitrogens is 1. The lowest BCUT2D eigenvalue weighted by atomic mass is 10.0. The summed E-state index contributed by atoms with van der Waals surface area (Å²) >= 11 is 25.2. The minimum Gasteiger partial charge on any atom is -0.344 e. The maximum absolute atomic E-state index is 13.3. The second-order valence-corrected chi connectivity index (χ2v) is 10.5. The molecule has 0 aromatic carbocycles. The fourth-order valence-corrected chi connectivity index (χ4v) is 4.39. The van der Waals surface area contributed by atoms with Crippen LogP contribution in [-0.2, 0) is 9.59 Å². The molecule has 1 saturated heterocycles. The van der Waals surface area contributed by atoms with Gasteiger partial charge in [0, 0.05) is 24.5 Å². The Hall–Kier alpha value is -0.270. The first-order valence-corrected chi connectivity index (χ1v) is 11.9. The summed E-state index contributed by atoms with van der Waals surface area (Å²) in [6.45, 7) is 4.28. The van der Waals surface area contributed by atoms with Gasteiger partial charge in [0.25, 0.3) is 0 Å². The van der Waals surface area contributed by atoms with Gasteiger partial charge in [-0.2, -0.15) is 0 Å². The van der Waals surface area contributed by atoms with Crippen LogP contribution >= 0.6 is 57.7 Å². The SMILES string of the molecule is C[C@H](C[C@@H](NC(=O)C[C@H](C)C(Cl)Cl)C(=O)N1CCC[C@H]1c1nccs1)C(Cl)Cl. The van der Waals surface area contributed by atoms with Gasteiger partial charge in [-0.25, -0.2) is 4.98 Å². The van der Waals surface area contributed by atoms with Gasteiger partial charge in [0.2, 0.25) is 11.8 Å². The molecule has 1 fully saturated rings. The molecule has 2 heterocycles. The first kappa shape index (κ1) is 24.0. The third-order valence-electron chi connectivity index (χ3n) is 4.88. The predicted molar refractivity (Wildman–Crippen MR) is 116 cm³/mol. The molecule has 10 heteroatoms. The number of halogens is 4. The molecule has 1 N–H and O–H groups in total. The Morgan fingerprint density at radius 3 is 2.50 bits per heavy atom. The van der Waals surface area contributed by atoms with Crippen LogP contribution in [0.4, 0.5) is 0 Å². The highest BCUT2D eigenvalue weighted by atomic mass is 35.5. The van der Waals surface area contributed by atoms with Crippen molar-refractivity contribution in [1.29, 1.82) is 0 Å².